The van der Waals surface area contributed by atoms with Crippen LogP contribution in [0.5, 0.6) is 0 Å². The molecular formula is C17H27N3. The average molecular weight is 273 g/mol. The van der Waals surface area contributed by atoms with Crippen molar-refractivity contribution in [3.05, 3.63) is 35.9 Å². The smallest absolute Gasteiger partial charge is 0.0235 e. The molecule has 2 heterocycles. The van der Waals surface area contributed by atoms with E-state index < -0.39 is 0 Å². The lowest BCUT2D eigenvalue weighted by Crippen LogP contribution is -2.37. The summed E-state index contributed by atoms with van der Waals surface area (Å²) in [5, 5.41) is 0. The largest absolute Gasteiger partial charge is 0.330 e. The summed E-state index contributed by atoms with van der Waals surface area (Å²) in [5.41, 5.74) is 7.39. The highest BCUT2D eigenvalue weighted by molar-refractivity contribution is 5.20. The van der Waals surface area contributed by atoms with Crippen LogP contribution in [0.3, 0.4) is 0 Å². The molecule has 2 fully saturated rings. The maximum Gasteiger partial charge on any atom is 0.0235 e. The van der Waals surface area contributed by atoms with Gasteiger partial charge in [-0.3, -0.25) is 4.90 Å². The molecule has 1 aromatic rings. The van der Waals surface area contributed by atoms with Gasteiger partial charge in [-0.2, -0.15) is 0 Å². The summed E-state index contributed by atoms with van der Waals surface area (Å²) in [6.45, 7) is 6.97. The van der Waals surface area contributed by atoms with Crippen LogP contribution in [0.15, 0.2) is 30.3 Å². The second kappa shape index (κ2) is 6.70. The van der Waals surface area contributed by atoms with Crippen molar-refractivity contribution in [3.8, 4) is 0 Å². The first-order chi connectivity index (χ1) is 9.86. The fourth-order valence-corrected chi connectivity index (χ4v) is 3.74. The lowest BCUT2D eigenvalue weighted by Gasteiger charge is -2.26. The van der Waals surface area contributed by atoms with Crippen molar-refractivity contribution in [2.24, 2.45) is 5.73 Å². The van der Waals surface area contributed by atoms with Crippen LogP contribution in [0, 0.1) is 0 Å². The van der Waals surface area contributed by atoms with E-state index >= 15 is 0 Å². The van der Waals surface area contributed by atoms with Crippen molar-refractivity contribution in [1.29, 1.82) is 0 Å². The molecule has 2 saturated heterocycles. The molecule has 2 atom stereocenters. The molecule has 0 amide bonds. The predicted molar refractivity (Wildman–Crippen MR) is 83.9 cm³/mol. The Morgan fingerprint density at radius 1 is 1.10 bits per heavy atom. The zero-order valence-electron chi connectivity index (χ0n) is 12.4. The maximum absolute atomic E-state index is 6.00. The van der Waals surface area contributed by atoms with Crippen LogP contribution in [0.4, 0.5) is 0 Å². The van der Waals surface area contributed by atoms with Crippen molar-refractivity contribution in [2.75, 3.05) is 39.3 Å². The van der Waals surface area contributed by atoms with Crippen LogP contribution in [0.25, 0.3) is 0 Å². The van der Waals surface area contributed by atoms with Crippen LogP contribution < -0.4 is 5.73 Å². The van der Waals surface area contributed by atoms with Crippen LogP contribution in [-0.2, 0) is 0 Å². The van der Waals surface area contributed by atoms with E-state index in [1.807, 2.05) is 0 Å². The van der Waals surface area contributed by atoms with E-state index in [4.69, 9.17) is 5.73 Å². The van der Waals surface area contributed by atoms with Gasteiger partial charge in [0.1, 0.15) is 0 Å². The van der Waals surface area contributed by atoms with Gasteiger partial charge < -0.3 is 10.6 Å². The second-order valence-corrected chi connectivity index (χ2v) is 6.29. The number of likely N-dealkylation sites (tertiary alicyclic amines) is 2. The maximum atomic E-state index is 6.00. The molecule has 0 aromatic heterocycles. The minimum absolute atomic E-state index is 0.480. The van der Waals surface area contributed by atoms with Gasteiger partial charge in [0.05, 0.1) is 0 Å². The van der Waals surface area contributed by atoms with Crippen molar-refractivity contribution in [2.45, 2.75) is 31.2 Å². The summed E-state index contributed by atoms with van der Waals surface area (Å²) < 4.78 is 0. The Bertz CT molecular complexity index is 400. The van der Waals surface area contributed by atoms with Gasteiger partial charge in [0.15, 0.2) is 0 Å². The van der Waals surface area contributed by atoms with Gasteiger partial charge in [0.25, 0.3) is 0 Å². The molecule has 3 heteroatoms. The van der Waals surface area contributed by atoms with Crippen molar-refractivity contribution < 1.29 is 0 Å². The van der Waals surface area contributed by atoms with E-state index in [1.165, 1.54) is 51.0 Å². The van der Waals surface area contributed by atoms with Gasteiger partial charge >= 0.3 is 0 Å². The fraction of sp³-hybridized carbons (Fsp3) is 0.647. The summed E-state index contributed by atoms with van der Waals surface area (Å²) in [6, 6.07) is 11.5. The van der Waals surface area contributed by atoms with Gasteiger partial charge in [0.2, 0.25) is 0 Å². The molecule has 3 nitrogen and oxygen atoms in total. The lowest BCUT2D eigenvalue weighted by atomic mass is 9.99. The molecule has 0 spiro atoms. The standard InChI is InChI=1S/C17H27N3/c18-12-16(15-6-2-1-3-7-15)13-19-11-8-17(14-19)20-9-4-5-10-20/h1-3,6-7,16-17H,4-5,8-14,18H2. The summed E-state index contributed by atoms with van der Waals surface area (Å²) in [7, 11) is 0. The minimum Gasteiger partial charge on any atom is -0.330 e. The Hall–Kier alpha value is -0.900. The first kappa shape index (κ1) is 14.1. The second-order valence-electron chi connectivity index (χ2n) is 6.29. The van der Waals surface area contributed by atoms with E-state index in [-0.39, 0.29) is 0 Å². The molecule has 20 heavy (non-hydrogen) atoms. The topological polar surface area (TPSA) is 32.5 Å². The van der Waals surface area contributed by atoms with Gasteiger partial charge in [-0.25, -0.2) is 0 Å². The van der Waals surface area contributed by atoms with Crippen molar-refractivity contribution in [1.82, 2.24) is 9.80 Å². The Kier molecular flexibility index (Phi) is 4.71. The molecule has 2 aliphatic heterocycles. The van der Waals surface area contributed by atoms with E-state index in [2.05, 4.69) is 40.1 Å². The molecule has 0 bridgehead atoms. The van der Waals surface area contributed by atoms with E-state index in [9.17, 15) is 0 Å². The van der Waals surface area contributed by atoms with Gasteiger partial charge in [-0.15, -0.1) is 0 Å². The molecule has 2 N–H and O–H groups in total. The van der Waals surface area contributed by atoms with Gasteiger partial charge in [-0.05, 0) is 44.5 Å². The number of benzene rings is 1. The zero-order valence-corrected chi connectivity index (χ0v) is 12.4. The molecule has 3 rings (SSSR count). The van der Waals surface area contributed by atoms with Crippen LogP contribution in [-0.4, -0.2) is 55.1 Å². The van der Waals surface area contributed by atoms with Crippen molar-refractivity contribution in [3.63, 3.8) is 0 Å². The number of nitrogens with two attached hydrogens (primary N) is 1. The molecular weight excluding hydrogens is 246 g/mol. The molecule has 1 aromatic carbocycles. The number of rotatable bonds is 5. The molecule has 0 aliphatic carbocycles. The van der Waals surface area contributed by atoms with Crippen molar-refractivity contribution >= 4 is 0 Å². The monoisotopic (exact) mass is 273 g/mol. The van der Waals surface area contributed by atoms with E-state index in [1.54, 1.807) is 0 Å². The highest BCUT2D eigenvalue weighted by atomic mass is 15.3. The van der Waals surface area contributed by atoms with Gasteiger partial charge in [-0.1, -0.05) is 30.3 Å². The average Bonchev–Trinajstić information content (AvgIpc) is 3.16. The SMILES string of the molecule is NCC(CN1CCC(N2CCCC2)C1)c1ccccc1. The van der Waals surface area contributed by atoms with Crippen LogP contribution >= 0.6 is 0 Å². The minimum atomic E-state index is 0.480. The number of hydrogen-bond donors (Lipinski definition) is 1. The summed E-state index contributed by atoms with van der Waals surface area (Å²) >= 11 is 0. The molecule has 110 valence electrons. The van der Waals surface area contributed by atoms with Crippen LogP contribution in [0.2, 0.25) is 0 Å². The van der Waals surface area contributed by atoms with E-state index in [0.717, 1.165) is 19.1 Å². The number of nitrogens with zero attached hydrogens (tertiary/aromatic N) is 2. The first-order valence-corrected chi connectivity index (χ1v) is 8.08. The zero-order chi connectivity index (χ0) is 13.8. The van der Waals surface area contributed by atoms with Crippen LogP contribution in [0.1, 0.15) is 30.7 Å². The molecule has 0 radical (unpaired) electrons. The third-order valence-corrected chi connectivity index (χ3v) is 4.94. The highest BCUT2D eigenvalue weighted by Gasteiger charge is 2.30. The van der Waals surface area contributed by atoms with Gasteiger partial charge in [0, 0.05) is 31.6 Å². The Labute approximate surface area is 122 Å². The third kappa shape index (κ3) is 3.22. The third-order valence-electron chi connectivity index (χ3n) is 4.94. The molecule has 0 saturated carbocycles. The lowest BCUT2D eigenvalue weighted by molar-refractivity contribution is 0.228. The molecule has 2 unspecified atom stereocenters. The fourth-order valence-electron chi connectivity index (χ4n) is 3.74. The molecule has 2 aliphatic rings. The first-order valence-electron chi connectivity index (χ1n) is 8.08. The Morgan fingerprint density at radius 2 is 1.85 bits per heavy atom. The summed E-state index contributed by atoms with van der Waals surface area (Å²) in [5.74, 6) is 0.480. The Morgan fingerprint density at radius 3 is 2.55 bits per heavy atom. The Balaban J connectivity index is 1.55. The van der Waals surface area contributed by atoms with E-state index in [0.29, 0.717) is 5.92 Å². The quantitative estimate of drug-likeness (QED) is 0.889. The summed E-state index contributed by atoms with van der Waals surface area (Å²) in [4.78, 5) is 5.31. The summed E-state index contributed by atoms with van der Waals surface area (Å²) in [6.07, 6.45) is 4.13. The predicted octanol–water partition coefficient (Wildman–Crippen LogP) is 1.90. The highest BCUT2D eigenvalue weighted by Crippen LogP contribution is 2.23. The normalized spacial score (nSPS) is 26.1. The number of hydrogen-bond acceptors (Lipinski definition) is 3.